The second kappa shape index (κ2) is 7.37. The van der Waals surface area contributed by atoms with E-state index in [2.05, 4.69) is 25.7 Å². The Balaban J connectivity index is 1.06. The van der Waals surface area contributed by atoms with Gasteiger partial charge < -0.3 is 9.84 Å². The molecule has 4 aromatic rings. The zero-order chi connectivity index (χ0) is 22.6. The maximum absolute atomic E-state index is 12.7. The molecule has 0 radical (unpaired) electrons. The molecule has 6 rings (SSSR count). The minimum absolute atomic E-state index is 0.0603. The van der Waals surface area contributed by atoms with Gasteiger partial charge in [0.15, 0.2) is 0 Å². The number of benzene rings is 2. The molecule has 2 aliphatic carbocycles. The van der Waals surface area contributed by atoms with Gasteiger partial charge in [-0.2, -0.15) is 10.1 Å². The first-order valence-corrected chi connectivity index (χ1v) is 11.2. The van der Waals surface area contributed by atoms with Crippen molar-refractivity contribution in [2.24, 2.45) is 5.41 Å². The number of nitrogens with one attached hydrogen (secondary N) is 2. The molecular weight excluding hydrogens is 418 g/mol. The van der Waals surface area contributed by atoms with Crippen LogP contribution in [-0.2, 0) is 0 Å². The summed E-state index contributed by atoms with van der Waals surface area (Å²) in [7, 11) is 0. The second-order valence-electron chi connectivity index (χ2n) is 9.38. The fraction of sp³-hybridized carbons (Fsp3) is 0.320. The third-order valence-corrected chi connectivity index (χ3v) is 7.10. The molecule has 1 spiro atoms. The molecule has 0 saturated heterocycles. The molecular formula is C25H23N5O3. The summed E-state index contributed by atoms with van der Waals surface area (Å²) >= 11 is 0. The summed E-state index contributed by atoms with van der Waals surface area (Å²) in [5, 5.41) is 15.7. The van der Waals surface area contributed by atoms with E-state index in [0.29, 0.717) is 28.6 Å². The third-order valence-electron chi connectivity index (χ3n) is 7.10. The van der Waals surface area contributed by atoms with E-state index in [-0.39, 0.29) is 22.9 Å². The van der Waals surface area contributed by atoms with Gasteiger partial charge in [0.05, 0.1) is 11.1 Å². The van der Waals surface area contributed by atoms with Gasteiger partial charge >= 0.3 is 0 Å². The Labute approximate surface area is 189 Å². The van der Waals surface area contributed by atoms with Crippen LogP contribution in [-0.4, -0.2) is 32.3 Å². The number of nitrogens with zero attached hydrogens (tertiary/aromatic N) is 3. The van der Waals surface area contributed by atoms with Crippen molar-refractivity contribution < 1.29 is 9.32 Å². The maximum atomic E-state index is 12.7. The minimum atomic E-state index is -0.143. The SMILES string of the molecule is Cc1nc(-c2ccc(C(=O)N[C@H]3CC4(C3)C[C@H](c3n[nH]c(=O)c5ccccc53)C4)cc2)no1. The lowest BCUT2D eigenvalue weighted by Crippen LogP contribution is -2.55. The molecule has 2 N–H and O–H groups in total. The van der Waals surface area contributed by atoms with Crippen molar-refractivity contribution >= 4 is 16.7 Å². The van der Waals surface area contributed by atoms with Gasteiger partial charge in [-0.15, -0.1) is 0 Å². The molecule has 2 aromatic heterocycles. The molecule has 0 atom stereocenters. The molecule has 2 fully saturated rings. The summed E-state index contributed by atoms with van der Waals surface area (Å²) in [4.78, 5) is 28.9. The molecule has 0 unspecified atom stereocenters. The van der Waals surface area contributed by atoms with E-state index in [1.165, 1.54) is 0 Å². The number of carbonyl (C=O) groups is 1. The molecule has 2 aromatic carbocycles. The first-order valence-electron chi connectivity index (χ1n) is 11.2. The fourth-order valence-corrected chi connectivity index (χ4v) is 5.50. The van der Waals surface area contributed by atoms with Crippen LogP contribution < -0.4 is 10.9 Å². The van der Waals surface area contributed by atoms with Crippen LogP contribution in [0.3, 0.4) is 0 Å². The predicted molar refractivity (Wildman–Crippen MR) is 122 cm³/mol. The summed E-state index contributed by atoms with van der Waals surface area (Å²) in [6.07, 6.45) is 4.05. The fourth-order valence-electron chi connectivity index (χ4n) is 5.50. The molecule has 2 aliphatic rings. The zero-order valence-electron chi connectivity index (χ0n) is 18.2. The molecule has 0 bridgehead atoms. The van der Waals surface area contributed by atoms with Gasteiger partial charge in [0.25, 0.3) is 11.5 Å². The van der Waals surface area contributed by atoms with Crippen LogP contribution in [0.4, 0.5) is 0 Å². The van der Waals surface area contributed by atoms with Gasteiger partial charge in [-0.1, -0.05) is 35.5 Å². The highest BCUT2D eigenvalue weighted by molar-refractivity contribution is 5.94. The number of hydrogen-bond acceptors (Lipinski definition) is 6. The van der Waals surface area contributed by atoms with Crippen molar-refractivity contribution in [3.05, 3.63) is 76.0 Å². The van der Waals surface area contributed by atoms with E-state index in [0.717, 1.165) is 42.3 Å². The number of amides is 1. The monoisotopic (exact) mass is 441 g/mol. The number of aromatic nitrogens is 4. The second-order valence-corrected chi connectivity index (χ2v) is 9.38. The molecule has 2 saturated carbocycles. The predicted octanol–water partition coefficient (Wildman–Crippen LogP) is 3.74. The summed E-state index contributed by atoms with van der Waals surface area (Å²) in [5.74, 6) is 1.32. The Morgan fingerprint density at radius 3 is 2.48 bits per heavy atom. The van der Waals surface area contributed by atoms with Gasteiger partial charge in [-0.3, -0.25) is 9.59 Å². The van der Waals surface area contributed by atoms with Crippen molar-refractivity contribution in [1.29, 1.82) is 0 Å². The van der Waals surface area contributed by atoms with Gasteiger partial charge in [0.2, 0.25) is 11.7 Å². The van der Waals surface area contributed by atoms with E-state index < -0.39 is 0 Å². The average Bonchev–Trinajstić information content (AvgIpc) is 3.22. The van der Waals surface area contributed by atoms with Gasteiger partial charge in [-0.25, -0.2) is 5.10 Å². The van der Waals surface area contributed by atoms with Crippen molar-refractivity contribution in [3.8, 4) is 11.4 Å². The Morgan fingerprint density at radius 2 is 1.79 bits per heavy atom. The van der Waals surface area contributed by atoms with Crippen molar-refractivity contribution in [1.82, 2.24) is 25.7 Å². The van der Waals surface area contributed by atoms with Crippen molar-refractivity contribution in [3.63, 3.8) is 0 Å². The van der Waals surface area contributed by atoms with E-state index in [1.54, 1.807) is 19.1 Å². The molecule has 2 heterocycles. The first kappa shape index (κ1) is 19.8. The lowest BCUT2D eigenvalue weighted by Gasteiger charge is -2.57. The minimum Gasteiger partial charge on any atom is -0.349 e. The van der Waals surface area contributed by atoms with Crippen LogP contribution >= 0.6 is 0 Å². The van der Waals surface area contributed by atoms with Crippen LogP contribution in [0.5, 0.6) is 0 Å². The molecule has 166 valence electrons. The highest BCUT2D eigenvalue weighted by atomic mass is 16.5. The molecule has 8 nitrogen and oxygen atoms in total. The van der Waals surface area contributed by atoms with Gasteiger partial charge in [0.1, 0.15) is 0 Å². The van der Waals surface area contributed by atoms with E-state index in [9.17, 15) is 9.59 Å². The number of carbonyl (C=O) groups excluding carboxylic acids is 1. The van der Waals surface area contributed by atoms with Crippen LogP contribution in [0.25, 0.3) is 22.2 Å². The Bertz CT molecular complexity index is 1410. The summed E-state index contributed by atoms with van der Waals surface area (Å²) in [6.45, 7) is 1.74. The molecule has 0 aliphatic heterocycles. The normalized spacial score (nSPS) is 23.8. The van der Waals surface area contributed by atoms with Gasteiger partial charge in [-0.05, 0) is 49.3 Å². The summed E-state index contributed by atoms with van der Waals surface area (Å²) < 4.78 is 5.01. The van der Waals surface area contributed by atoms with Crippen LogP contribution in [0.1, 0.15) is 53.5 Å². The molecule has 8 heteroatoms. The Morgan fingerprint density at radius 1 is 1.06 bits per heavy atom. The standard InChI is InChI=1S/C25H23N5O3/c1-14-26-22(30-33-14)15-6-8-16(9-7-15)23(31)27-18-12-25(13-18)10-17(11-25)21-19-4-2-3-5-20(19)24(32)29-28-21/h2-9,17-18H,10-13H2,1H3,(H,27,31)(H,29,32)/t17-,18-,25?. The number of hydrogen-bond donors (Lipinski definition) is 2. The highest BCUT2D eigenvalue weighted by Crippen LogP contribution is 2.62. The van der Waals surface area contributed by atoms with E-state index in [4.69, 9.17) is 4.52 Å². The number of aromatic amines is 1. The third kappa shape index (κ3) is 3.42. The lowest BCUT2D eigenvalue weighted by atomic mass is 9.49. The van der Waals surface area contributed by atoms with Crippen molar-refractivity contribution in [2.45, 2.75) is 44.6 Å². The first-order chi connectivity index (χ1) is 16.0. The quantitative estimate of drug-likeness (QED) is 0.499. The summed E-state index contributed by atoms with van der Waals surface area (Å²) in [5.41, 5.74) is 2.56. The van der Waals surface area contributed by atoms with Crippen LogP contribution in [0, 0.1) is 12.3 Å². The van der Waals surface area contributed by atoms with E-state index >= 15 is 0 Å². The van der Waals surface area contributed by atoms with E-state index in [1.807, 2.05) is 36.4 Å². The number of fused-ring (bicyclic) bond motifs is 1. The van der Waals surface area contributed by atoms with Crippen LogP contribution in [0.2, 0.25) is 0 Å². The van der Waals surface area contributed by atoms with Crippen molar-refractivity contribution in [2.75, 3.05) is 0 Å². The number of H-pyrrole nitrogens is 1. The smallest absolute Gasteiger partial charge is 0.272 e. The van der Waals surface area contributed by atoms with Crippen LogP contribution in [0.15, 0.2) is 57.8 Å². The average molecular weight is 441 g/mol. The Hall–Kier alpha value is -3.81. The zero-order valence-corrected chi connectivity index (χ0v) is 18.2. The lowest BCUT2D eigenvalue weighted by molar-refractivity contribution is -0.0196. The number of rotatable bonds is 4. The van der Waals surface area contributed by atoms with Gasteiger partial charge in [0, 0.05) is 35.4 Å². The molecule has 33 heavy (non-hydrogen) atoms. The number of aryl methyl sites for hydroxylation is 1. The largest absolute Gasteiger partial charge is 0.349 e. The maximum Gasteiger partial charge on any atom is 0.272 e. The Kier molecular flexibility index (Phi) is 4.43. The molecule has 1 amide bonds. The summed E-state index contributed by atoms with van der Waals surface area (Å²) in [6, 6.07) is 15.1. The highest BCUT2D eigenvalue weighted by Gasteiger charge is 2.54. The topological polar surface area (TPSA) is 114 Å².